The molecule has 1 aromatic rings. The maximum absolute atomic E-state index is 11.1. The number of methoxy groups -OCH3 is 1. The van der Waals surface area contributed by atoms with Crippen molar-refractivity contribution in [2.45, 2.75) is 12.2 Å². The number of para-hydroxylation sites is 1. The van der Waals surface area contributed by atoms with Crippen molar-refractivity contribution in [3.8, 4) is 5.75 Å². The maximum atomic E-state index is 11.1. The maximum Gasteiger partial charge on any atom is 0.532 e. The summed E-state index contributed by atoms with van der Waals surface area (Å²) in [6.07, 6.45) is 0. The Bertz CT molecular complexity index is 352. The molecule has 0 aromatic heterocycles. The molecule has 0 radical (unpaired) electrons. The highest BCUT2D eigenvalue weighted by Gasteiger charge is 2.44. The first kappa shape index (κ1) is 11.1. The molecule has 0 heterocycles. The van der Waals surface area contributed by atoms with Gasteiger partial charge in [0.1, 0.15) is 5.75 Å². The summed E-state index contributed by atoms with van der Waals surface area (Å²) in [7, 11) is -0.995. The summed E-state index contributed by atoms with van der Waals surface area (Å²) < 4.78 is 16.1. The quantitative estimate of drug-likeness (QED) is 0.749. The van der Waals surface area contributed by atoms with Crippen LogP contribution >= 0.6 is 8.03 Å². The predicted octanol–water partition coefficient (Wildman–Crippen LogP) is 1.56. The Hall–Kier alpha value is -0.960. The Morgan fingerprint density at radius 1 is 1.50 bits per heavy atom. The van der Waals surface area contributed by atoms with Crippen molar-refractivity contribution in [1.82, 2.24) is 0 Å². The molecule has 0 amide bonds. The minimum Gasteiger partial charge on any atom is -0.496 e. The molecule has 0 fully saturated rings. The van der Waals surface area contributed by atoms with Gasteiger partial charge in [0, 0.05) is 6.92 Å². The lowest BCUT2D eigenvalue weighted by atomic mass is 10.1. The van der Waals surface area contributed by atoms with E-state index in [4.69, 9.17) is 15.4 Å². The minimum absolute atomic E-state index is 0.523. The molecule has 5 heteroatoms. The first-order valence-corrected chi connectivity index (χ1v) is 5.30. The second-order valence-corrected chi connectivity index (χ2v) is 4.60. The number of benzene rings is 1. The van der Waals surface area contributed by atoms with Gasteiger partial charge in [-0.1, -0.05) is 12.1 Å². The summed E-state index contributed by atoms with van der Waals surface area (Å²) in [5, 5.41) is -1.28. The smallest absolute Gasteiger partial charge is 0.496 e. The van der Waals surface area contributed by atoms with Gasteiger partial charge in [0.15, 0.2) is 0 Å². The normalized spacial score (nSPS) is 15.9. The summed E-state index contributed by atoms with van der Waals surface area (Å²) in [5.74, 6) is 0.523. The van der Waals surface area contributed by atoms with Crippen molar-refractivity contribution >= 4 is 8.03 Å². The average Bonchev–Trinajstić information content (AvgIpc) is 2.17. The van der Waals surface area contributed by atoms with E-state index >= 15 is 0 Å². The summed E-state index contributed by atoms with van der Waals surface area (Å²) in [4.78, 5) is 9.08. The zero-order valence-electron chi connectivity index (χ0n) is 8.10. The monoisotopic (exact) mass is 214 g/mol. The highest BCUT2D eigenvalue weighted by Crippen LogP contribution is 2.42. The van der Waals surface area contributed by atoms with E-state index in [1.165, 1.54) is 14.0 Å². The largest absolute Gasteiger partial charge is 0.532 e. The van der Waals surface area contributed by atoms with Crippen LogP contribution < -0.4 is 10.5 Å². The standard InChI is InChI=1S/C9H12NO3P/c1-9(10,14(11)12)7-5-3-4-6-8(7)13-2/h3-6H,10H2,1-2H3/p+1. The fourth-order valence-electron chi connectivity index (χ4n) is 1.17. The van der Waals surface area contributed by atoms with Crippen molar-refractivity contribution in [1.29, 1.82) is 0 Å². The second kappa shape index (κ2) is 4.05. The van der Waals surface area contributed by atoms with Crippen molar-refractivity contribution in [2.24, 2.45) is 5.73 Å². The summed E-state index contributed by atoms with van der Waals surface area (Å²) in [6, 6.07) is 6.92. The molecule has 0 saturated carbocycles. The van der Waals surface area contributed by atoms with Crippen molar-refractivity contribution in [3.05, 3.63) is 29.8 Å². The van der Waals surface area contributed by atoms with Crippen LogP contribution in [0.1, 0.15) is 12.5 Å². The Kier molecular flexibility index (Phi) is 3.21. The zero-order chi connectivity index (χ0) is 10.8. The Labute approximate surface area is 83.6 Å². The van der Waals surface area contributed by atoms with Gasteiger partial charge in [0.2, 0.25) is 0 Å². The molecular weight excluding hydrogens is 201 g/mol. The van der Waals surface area contributed by atoms with Crippen LogP contribution in [-0.4, -0.2) is 12.0 Å². The number of rotatable bonds is 3. The van der Waals surface area contributed by atoms with E-state index in [0.29, 0.717) is 11.3 Å². The first-order valence-electron chi connectivity index (χ1n) is 4.08. The molecule has 0 aliphatic rings. The Morgan fingerprint density at radius 2 is 2.07 bits per heavy atom. The number of hydrogen-bond donors (Lipinski definition) is 2. The molecule has 4 nitrogen and oxygen atoms in total. The lowest BCUT2D eigenvalue weighted by Gasteiger charge is -2.14. The van der Waals surface area contributed by atoms with Gasteiger partial charge in [-0.25, -0.2) is 0 Å². The van der Waals surface area contributed by atoms with Crippen molar-refractivity contribution < 1.29 is 14.2 Å². The van der Waals surface area contributed by atoms with Crippen LogP contribution in [0, 0.1) is 0 Å². The van der Waals surface area contributed by atoms with E-state index in [-0.39, 0.29) is 0 Å². The molecule has 3 N–H and O–H groups in total. The summed E-state index contributed by atoms with van der Waals surface area (Å²) >= 11 is 0. The molecule has 1 aromatic carbocycles. The molecule has 0 bridgehead atoms. The Balaban J connectivity index is 3.24. The van der Waals surface area contributed by atoms with Crippen LogP contribution in [0.3, 0.4) is 0 Å². The first-order chi connectivity index (χ1) is 6.50. The fourth-order valence-corrected chi connectivity index (χ4v) is 1.56. The van der Waals surface area contributed by atoms with E-state index < -0.39 is 13.3 Å². The van der Waals surface area contributed by atoms with E-state index in [1.54, 1.807) is 24.3 Å². The molecule has 0 spiro atoms. The van der Waals surface area contributed by atoms with Gasteiger partial charge >= 0.3 is 8.03 Å². The highest BCUT2D eigenvalue weighted by atomic mass is 31.1. The van der Waals surface area contributed by atoms with Gasteiger partial charge in [0.25, 0.3) is 5.28 Å². The van der Waals surface area contributed by atoms with Crippen LogP contribution in [0.2, 0.25) is 0 Å². The third-order valence-corrected chi connectivity index (χ3v) is 3.09. The average molecular weight is 214 g/mol. The second-order valence-electron chi connectivity index (χ2n) is 3.12. The lowest BCUT2D eigenvalue weighted by Crippen LogP contribution is -2.29. The van der Waals surface area contributed by atoms with Crippen LogP contribution in [0.25, 0.3) is 0 Å². The van der Waals surface area contributed by atoms with Crippen LogP contribution in [-0.2, 0) is 9.85 Å². The van der Waals surface area contributed by atoms with Crippen LogP contribution in [0.5, 0.6) is 5.75 Å². The number of ether oxygens (including phenoxy) is 1. The Morgan fingerprint density at radius 3 is 2.57 bits per heavy atom. The summed E-state index contributed by atoms with van der Waals surface area (Å²) in [5.41, 5.74) is 6.28. The van der Waals surface area contributed by atoms with Crippen molar-refractivity contribution in [2.75, 3.05) is 7.11 Å². The number of nitrogens with two attached hydrogens (primary N) is 1. The van der Waals surface area contributed by atoms with Crippen molar-refractivity contribution in [3.63, 3.8) is 0 Å². The lowest BCUT2D eigenvalue weighted by molar-refractivity contribution is 0.397. The zero-order valence-corrected chi connectivity index (χ0v) is 8.99. The third kappa shape index (κ3) is 1.93. The molecule has 1 rings (SSSR count). The fraction of sp³-hybridized carbons (Fsp3) is 0.333. The minimum atomic E-state index is -2.49. The van der Waals surface area contributed by atoms with Crippen LogP contribution in [0.4, 0.5) is 0 Å². The molecule has 14 heavy (non-hydrogen) atoms. The molecule has 2 unspecified atom stereocenters. The predicted molar refractivity (Wildman–Crippen MR) is 54.4 cm³/mol. The molecular formula is C9H13NO3P+. The summed E-state index contributed by atoms with van der Waals surface area (Å²) in [6.45, 7) is 1.50. The molecule has 2 atom stereocenters. The van der Waals surface area contributed by atoms with Gasteiger partial charge in [0.05, 0.1) is 12.7 Å². The third-order valence-electron chi connectivity index (χ3n) is 2.05. The molecule has 0 saturated heterocycles. The molecule has 0 aliphatic heterocycles. The van der Waals surface area contributed by atoms with Gasteiger partial charge in [-0.2, -0.15) is 4.89 Å². The SMILES string of the molecule is COc1ccccc1C(C)(N)[P+](=O)O. The van der Waals surface area contributed by atoms with Gasteiger partial charge in [-0.05, 0) is 16.7 Å². The van der Waals surface area contributed by atoms with E-state index in [0.717, 1.165) is 0 Å². The van der Waals surface area contributed by atoms with E-state index in [9.17, 15) is 4.57 Å². The number of hydrogen-bond acceptors (Lipinski definition) is 3. The molecule has 0 aliphatic carbocycles. The topological polar surface area (TPSA) is 72.5 Å². The van der Waals surface area contributed by atoms with Crippen LogP contribution in [0.15, 0.2) is 24.3 Å². The van der Waals surface area contributed by atoms with Gasteiger partial charge in [-0.3, -0.25) is 5.73 Å². The van der Waals surface area contributed by atoms with E-state index in [2.05, 4.69) is 0 Å². The van der Waals surface area contributed by atoms with Gasteiger partial charge < -0.3 is 4.74 Å². The van der Waals surface area contributed by atoms with Gasteiger partial charge in [-0.15, -0.1) is 0 Å². The highest BCUT2D eigenvalue weighted by molar-refractivity contribution is 7.39. The van der Waals surface area contributed by atoms with E-state index in [1.807, 2.05) is 0 Å². The molecule has 76 valence electrons.